The molecule has 1 aliphatic rings. The van der Waals surface area contributed by atoms with Crippen molar-refractivity contribution in [2.45, 2.75) is 13.0 Å². The van der Waals surface area contributed by atoms with Gasteiger partial charge in [-0.2, -0.15) is 0 Å². The van der Waals surface area contributed by atoms with E-state index in [1.807, 2.05) is 54.4 Å². The highest BCUT2D eigenvalue weighted by Crippen LogP contribution is 2.39. The summed E-state index contributed by atoms with van der Waals surface area (Å²) in [6.45, 7) is 3.46. The largest absolute Gasteiger partial charge is 0.494 e. The second kappa shape index (κ2) is 8.80. The summed E-state index contributed by atoms with van der Waals surface area (Å²) in [7, 11) is 3.18. The first kappa shape index (κ1) is 19.8. The monoisotopic (exact) mass is 382 g/mol. The van der Waals surface area contributed by atoms with Crippen molar-refractivity contribution in [3.05, 3.63) is 59.3 Å². The molecule has 0 radical (unpaired) electrons. The van der Waals surface area contributed by atoms with Gasteiger partial charge in [0.05, 0.1) is 20.8 Å². The van der Waals surface area contributed by atoms with E-state index in [1.165, 1.54) is 0 Å². The maximum absolute atomic E-state index is 13.5. The lowest BCUT2D eigenvalue weighted by molar-refractivity contribution is 0.0870. The molecular formula is C22H26N2O4. The van der Waals surface area contributed by atoms with Crippen molar-refractivity contribution in [3.63, 3.8) is 0 Å². The van der Waals surface area contributed by atoms with Crippen molar-refractivity contribution in [2.24, 2.45) is 5.73 Å². The van der Waals surface area contributed by atoms with Crippen molar-refractivity contribution < 1.29 is 19.0 Å². The Labute approximate surface area is 165 Å². The lowest BCUT2D eigenvalue weighted by Gasteiger charge is -2.34. The van der Waals surface area contributed by atoms with E-state index in [2.05, 4.69) is 0 Å². The summed E-state index contributed by atoms with van der Waals surface area (Å²) < 4.78 is 16.4. The number of benzene rings is 2. The van der Waals surface area contributed by atoms with Crippen LogP contribution < -0.4 is 19.9 Å². The number of carbonyl (C=O) groups is 1. The molecule has 1 atom stereocenters. The van der Waals surface area contributed by atoms with Gasteiger partial charge in [-0.15, -0.1) is 0 Å². The number of rotatable bonds is 8. The summed E-state index contributed by atoms with van der Waals surface area (Å²) >= 11 is 0. The molecule has 0 fully saturated rings. The Morgan fingerprint density at radius 2 is 1.89 bits per heavy atom. The van der Waals surface area contributed by atoms with Crippen molar-refractivity contribution in [1.29, 1.82) is 0 Å². The Balaban J connectivity index is 2.07. The number of hydrogen-bond donors (Lipinski definition) is 1. The average Bonchev–Trinajstić information content (AvgIpc) is 2.72. The molecule has 1 unspecified atom stereocenters. The van der Waals surface area contributed by atoms with Crippen LogP contribution in [0.25, 0.3) is 6.08 Å². The van der Waals surface area contributed by atoms with Crippen molar-refractivity contribution in [2.75, 3.05) is 33.9 Å². The van der Waals surface area contributed by atoms with Gasteiger partial charge in [0, 0.05) is 24.9 Å². The third-order valence-corrected chi connectivity index (χ3v) is 4.73. The third kappa shape index (κ3) is 3.82. The molecule has 0 bridgehead atoms. The Hall–Kier alpha value is -2.99. The van der Waals surface area contributed by atoms with E-state index in [1.54, 1.807) is 20.3 Å². The van der Waals surface area contributed by atoms with Crippen LogP contribution in [0.1, 0.15) is 34.5 Å². The van der Waals surface area contributed by atoms with Gasteiger partial charge in [-0.05, 0) is 48.4 Å². The maximum atomic E-state index is 13.5. The molecule has 0 aromatic heterocycles. The Bertz CT molecular complexity index is 879. The molecule has 0 spiro atoms. The van der Waals surface area contributed by atoms with Gasteiger partial charge < -0.3 is 24.8 Å². The number of ketones is 1. The van der Waals surface area contributed by atoms with Gasteiger partial charge in [-0.25, -0.2) is 0 Å². The molecule has 1 heterocycles. The van der Waals surface area contributed by atoms with Gasteiger partial charge in [0.25, 0.3) is 0 Å². The SMILES string of the molecule is CCOc1cccc(C(=O)C2c3cc(OC)c(OC)cc3C=CN2CCN)c1. The van der Waals surface area contributed by atoms with E-state index >= 15 is 0 Å². The number of nitrogens with zero attached hydrogens (tertiary/aromatic N) is 1. The molecule has 2 aromatic carbocycles. The zero-order chi connectivity index (χ0) is 20.1. The van der Waals surface area contributed by atoms with E-state index in [9.17, 15) is 4.79 Å². The normalized spacial score (nSPS) is 15.1. The summed E-state index contributed by atoms with van der Waals surface area (Å²) in [4.78, 5) is 15.5. The average molecular weight is 382 g/mol. The van der Waals surface area contributed by atoms with E-state index < -0.39 is 6.04 Å². The summed E-state index contributed by atoms with van der Waals surface area (Å²) in [6, 6.07) is 10.5. The number of fused-ring (bicyclic) bond motifs is 1. The van der Waals surface area contributed by atoms with E-state index in [-0.39, 0.29) is 5.78 Å². The molecule has 28 heavy (non-hydrogen) atoms. The minimum atomic E-state index is -0.500. The molecule has 6 heteroatoms. The van der Waals surface area contributed by atoms with E-state index in [0.29, 0.717) is 42.5 Å². The minimum Gasteiger partial charge on any atom is -0.494 e. The molecule has 0 aliphatic carbocycles. The Kier molecular flexibility index (Phi) is 6.21. The number of carbonyl (C=O) groups excluding carboxylic acids is 1. The summed E-state index contributed by atoms with van der Waals surface area (Å²) in [6.07, 6.45) is 3.88. The standard InChI is InChI=1S/C22H26N2O4/c1-4-28-17-7-5-6-16(12-17)22(25)21-18-14-20(27-3)19(26-2)13-15(18)8-10-24(21)11-9-23/h5-8,10,12-14,21H,4,9,11,23H2,1-3H3. The molecule has 0 amide bonds. The first-order valence-electron chi connectivity index (χ1n) is 9.30. The quantitative estimate of drug-likeness (QED) is 0.707. The molecule has 3 rings (SSSR count). The van der Waals surface area contributed by atoms with Gasteiger partial charge in [-0.3, -0.25) is 4.79 Å². The maximum Gasteiger partial charge on any atom is 0.189 e. The lowest BCUT2D eigenvalue weighted by atomic mass is 9.89. The molecule has 148 valence electrons. The number of ether oxygens (including phenoxy) is 3. The summed E-state index contributed by atoms with van der Waals surface area (Å²) in [5.74, 6) is 1.87. The third-order valence-electron chi connectivity index (χ3n) is 4.73. The van der Waals surface area contributed by atoms with Crippen LogP contribution in [0.15, 0.2) is 42.6 Å². The lowest BCUT2D eigenvalue weighted by Crippen LogP contribution is -2.36. The van der Waals surface area contributed by atoms with Crippen LogP contribution in [0.5, 0.6) is 17.2 Å². The predicted octanol–water partition coefficient (Wildman–Crippen LogP) is 3.27. The zero-order valence-corrected chi connectivity index (χ0v) is 16.5. The van der Waals surface area contributed by atoms with Crippen LogP contribution in [0, 0.1) is 0 Å². The van der Waals surface area contributed by atoms with Crippen LogP contribution in [-0.4, -0.2) is 44.6 Å². The second-order valence-corrected chi connectivity index (χ2v) is 6.41. The van der Waals surface area contributed by atoms with Crippen LogP contribution in [0.2, 0.25) is 0 Å². The number of Topliss-reactive ketones (excluding diaryl/α,β-unsaturated/α-hetero) is 1. The molecular weight excluding hydrogens is 356 g/mol. The van der Waals surface area contributed by atoms with Crippen molar-refractivity contribution >= 4 is 11.9 Å². The molecule has 2 aromatic rings. The van der Waals surface area contributed by atoms with Gasteiger partial charge in [0.2, 0.25) is 0 Å². The van der Waals surface area contributed by atoms with Gasteiger partial charge in [-0.1, -0.05) is 12.1 Å². The molecule has 0 saturated heterocycles. The topological polar surface area (TPSA) is 74.0 Å². The molecule has 0 saturated carbocycles. The van der Waals surface area contributed by atoms with Gasteiger partial charge in [0.15, 0.2) is 17.3 Å². The summed E-state index contributed by atoms with van der Waals surface area (Å²) in [5.41, 5.74) is 8.17. The van der Waals surface area contributed by atoms with Crippen molar-refractivity contribution in [3.8, 4) is 17.2 Å². The number of methoxy groups -OCH3 is 2. The zero-order valence-electron chi connectivity index (χ0n) is 16.5. The smallest absolute Gasteiger partial charge is 0.189 e. The molecule has 6 nitrogen and oxygen atoms in total. The second-order valence-electron chi connectivity index (χ2n) is 6.41. The fraction of sp³-hybridized carbons (Fsp3) is 0.318. The highest BCUT2D eigenvalue weighted by Gasteiger charge is 2.32. The van der Waals surface area contributed by atoms with Crippen molar-refractivity contribution in [1.82, 2.24) is 4.90 Å². The predicted molar refractivity (Wildman–Crippen MR) is 109 cm³/mol. The summed E-state index contributed by atoms with van der Waals surface area (Å²) in [5, 5.41) is 0. The number of hydrogen-bond acceptors (Lipinski definition) is 6. The van der Waals surface area contributed by atoms with Crippen LogP contribution in [0.4, 0.5) is 0 Å². The Morgan fingerprint density at radius 1 is 1.14 bits per heavy atom. The van der Waals surface area contributed by atoms with Crippen LogP contribution in [0.3, 0.4) is 0 Å². The van der Waals surface area contributed by atoms with Gasteiger partial charge >= 0.3 is 0 Å². The fourth-order valence-corrected chi connectivity index (χ4v) is 3.44. The first-order valence-corrected chi connectivity index (χ1v) is 9.30. The Morgan fingerprint density at radius 3 is 2.57 bits per heavy atom. The number of nitrogens with two attached hydrogens (primary N) is 1. The fourth-order valence-electron chi connectivity index (χ4n) is 3.44. The highest BCUT2D eigenvalue weighted by molar-refractivity contribution is 6.02. The molecule has 2 N–H and O–H groups in total. The first-order chi connectivity index (χ1) is 13.6. The highest BCUT2D eigenvalue weighted by atomic mass is 16.5. The van der Waals surface area contributed by atoms with Crippen LogP contribution >= 0.6 is 0 Å². The minimum absolute atomic E-state index is 0.0205. The molecule has 1 aliphatic heterocycles. The van der Waals surface area contributed by atoms with Gasteiger partial charge in [0.1, 0.15) is 11.8 Å². The van der Waals surface area contributed by atoms with E-state index in [4.69, 9.17) is 19.9 Å². The van der Waals surface area contributed by atoms with Crippen LogP contribution in [-0.2, 0) is 0 Å². The van der Waals surface area contributed by atoms with E-state index in [0.717, 1.165) is 11.1 Å².